The predicted molar refractivity (Wildman–Crippen MR) is 140 cm³/mol. The summed E-state index contributed by atoms with van der Waals surface area (Å²) in [5.74, 6) is 0.834. The average Bonchev–Trinajstić information content (AvgIpc) is 2.75. The van der Waals surface area contributed by atoms with Crippen molar-refractivity contribution in [2.24, 2.45) is 0 Å². The van der Waals surface area contributed by atoms with Crippen LogP contribution in [0.1, 0.15) is 75.9 Å². The summed E-state index contributed by atoms with van der Waals surface area (Å²) in [4.78, 5) is 12.4. The summed E-state index contributed by atoms with van der Waals surface area (Å²) in [5.41, 5.74) is 4.73. The molecule has 4 heteroatoms. The third-order valence-corrected chi connectivity index (χ3v) is 6.27. The Morgan fingerprint density at radius 2 is 1.47 bits per heavy atom. The lowest BCUT2D eigenvalue weighted by molar-refractivity contribution is 0.297. The highest BCUT2D eigenvalue weighted by atomic mass is 16.5. The van der Waals surface area contributed by atoms with Crippen molar-refractivity contribution >= 4 is 0 Å². The number of aromatic hydroxyl groups is 1. The summed E-state index contributed by atoms with van der Waals surface area (Å²) >= 11 is 0. The number of aromatic nitrogens is 1. The van der Waals surface area contributed by atoms with E-state index < -0.39 is 0 Å². The molecule has 1 aromatic heterocycles. The van der Waals surface area contributed by atoms with Gasteiger partial charge in [-0.3, -0.25) is 4.79 Å². The first kappa shape index (κ1) is 25.6. The fourth-order valence-corrected chi connectivity index (χ4v) is 4.24. The smallest absolute Gasteiger partial charge is 0.223 e. The highest BCUT2D eigenvalue weighted by Gasteiger charge is 2.26. The average molecular weight is 462 g/mol. The van der Waals surface area contributed by atoms with Crippen LogP contribution < -0.4 is 10.2 Å². The van der Waals surface area contributed by atoms with Gasteiger partial charge in [-0.25, -0.2) is 0 Å². The van der Waals surface area contributed by atoms with Crippen LogP contribution in [-0.4, -0.2) is 9.67 Å². The van der Waals surface area contributed by atoms with E-state index in [1.165, 1.54) is 5.56 Å². The van der Waals surface area contributed by atoms with Crippen molar-refractivity contribution in [3.8, 4) is 11.5 Å². The highest BCUT2D eigenvalue weighted by molar-refractivity contribution is 5.50. The molecule has 0 unspecified atom stereocenters. The number of hydrogen-bond donors (Lipinski definition) is 1. The zero-order valence-corrected chi connectivity index (χ0v) is 21.7. The monoisotopic (exact) mass is 461 g/mol. The number of phenols is 1. The van der Waals surface area contributed by atoms with E-state index in [0.717, 1.165) is 41.8 Å². The molecular formula is C30H39NO3. The van der Waals surface area contributed by atoms with Gasteiger partial charge in [-0.2, -0.15) is 0 Å². The Labute approximate surface area is 204 Å². The van der Waals surface area contributed by atoms with Gasteiger partial charge in [0.1, 0.15) is 12.4 Å². The molecule has 0 aliphatic rings. The molecule has 0 atom stereocenters. The summed E-state index contributed by atoms with van der Waals surface area (Å²) in [7, 11) is 0. The van der Waals surface area contributed by atoms with E-state index in [4.69, 9.17) is 4.74 Å². The van der Waals surface area contributed by atoms with Gasteiger partial charge in [-0.1, -0.05) is 84.0 Å². The van der Waals surface area contributed by atoms with E-state index >= 15 is 0 Å². The Kier molecular flexibility index (Phi) is 7.60. The van der Waals surface area contributed by atoms with Crippen molar-refractivity contribution in [3.05, 3.63) is 92.9 Å². The molecule has 3 aromatic rings. The summed E-state index contributed by atoms with van der Waals surface area (Å²) in [6, 6.07) is 15.8. The van der Waals surface area contributed by atoms with Crippen LogP contribution in [0.25, 0.3) is 0 Å². The van der Waals surface area contributed by atoms with Gasteiger partial charge in [0.05, 0.1) is 5.69 Å². The Bertz CT molecular complexity index is 1140. The van der Waals surface area contributed by atoms with E-state index in [-0.39, 0.29) is 16.3 Å². The second kappa shape index (κ2) is 10.1. The van der Waals surface area contributed by atoms with Crippen molar-refractivity contribution in [3.63, 3.8) is 0 Å². The SMILES string of the molecule is Cc1c(OCc2ccccc2)c(=O)ccn1CCCc1cc(C(C)(C)C)c(O)c(C(C)(C)C)c1. The molecule has 0 saturated heterocycles. The number of phenolic OH excluding ortho intramolecular Hbond substituents is 1. The Morgan fingerprint density at radius 1 is 0.882 bits per heavy atom. The van der Waals surface area contributed by atoms with Crippen LogP contribution in [0.5, 0.6) is 11.5 Å². The van der Waals surface area contributed by atoms with Gasteiger partial charge in [0, 0.05) is 18.8 Å². The standard InChI is InChI=1S/C30H39NO3/c1-21-28(34-20-22-12-9-8-10-13-22)26(32)15-17-31(21)16-11-14-23-18-24(29(2,3)4)27(33)25(19-23)30(5,6)7/h8-10,12-13,15,17-19,33H,11,14,16,20H2,1-7H3. The molecular weight excluding hydrogens is 422 g/mol. The lowest BCUT2D eigenvalue weighted by atomic mass is 9.78. The van der Waals surface area contributed by atoms with E-state index in [0.29, 0.717) is 18.1 Å². The quantitative estimate of drug-likeness (QED) is 0.427. The normalized spacial score (nSPS) is 12.1. The number of nitrogens with zero attached hydrogens (tertiary/aromatic N) is 1. The highest BCUT2D eigenvalue weighted by Crippen LogP contribution is 2.40. The van der Waals surface area contributed by atoms with Crippen molar-refractivity contribution < 1.29 is 9.84 Å². The Morgan fingerprint density at radius 3 is 2.03 bits per heavy atom. The lowest BCUT2D eigenvalue weighted by Crippen LogP contribution is -2.18. The summed E-state index contributed by atoms with van der Waals surface area (Å²) < 4.78 is 8.01. The Hall–Kier alpha value is -3.01. The number of benzene rings is 2. The van der Waals surface area contributed by atoms with Crippen LogP contribution in [0.15, 0.2) is 59.5 Å². The van der Waals surface area contributed by atoms with Gasteiger partial charge in [0.15, 0.2) is 5.75 Å². The lowest BCUT2D eigenvalue weighted by Gasteiger charge is -2.28. The third kappa shape index (κ3) is 6.11. The maximum Gasteiger partial charge on any atom is 0.223 e. The number of aryl methyl sites for hydroxylation is 2. The minimum absolute atomic E-state index is 0.0900. The van der Waals surface area contributed by atoms with Crippen molar-refractivity contribution in [1.29, 1.82) is 0 Å². The molecule has 0 spiro atoms. The van der Waals surface area contributed by atoms with Crippen LogP contribution in [0.3, 0.4) is 0 Å². The topological polar surface area (TPSA) is 51.5 Å². The van der Waals surface area contributed by atoms with Crippen molar-refractivity contribution in [2.45, 2.75) is 85.3 Å². The number of pyridine rings is 1. The Balaban J connectivity index is 1.77. The summed E-state index contributed by atoms with van der Waals surface area (Å²) in [6.07, 6.45) is 3.66. The summed E-state index contributed by atoms with van der Waals surface area (Å²) in [6.45, 7) is 15.9. The van der Waals surface area contributed by atoms with E-state index in [2.05, 4.69) is 58.2 Å². The number of ether oxygens (including phenoxy) is 1. The molecule has 3 rings (SSSR count). The van der Waals surface area contributed by atoms with Gasteiger partial charge in [0.25, 0.3) is 0 Å². The molecule has 182 valence electrons. The zero-order valence-electron chi connectivity index (χ0n) is 21.7. The maximum atomic E-state index is 12.4. The molecule has 0 aliphatic carbocycles. The third-order valence-electron chi connectivity index (χ3n) is 6.27. The minimum Gasteiger partial charge on any atom is -0.507 e. The van der Waals surface area contributed by atoms with Crippen LogP contribution in [0.2, 0.25) is 0 Å². The molecule has 0 bridgehead atoms. The molecule has 0 radical (unpaired) electrons. The summed E-state index contributed by atoms with van der Waals surface area (Å²) in [5, 5.41) is 11.0. The second-order valence-electron chi connectivity index (χ2n) is 11.2. The number of hydrogen-bond acceptors (Lipinski definition) is 3. The second-order valence-corrected chi connectivity index (χ2v) is 11.2. The maximum absolute atomic E-state index is 12.4. The van der Waals surface area contributed by atoms with Crippen molar-refractivity contribution in [1.82, 2.24) is 4.57 Å². The molecule has 34 heavy (non-hydrogen) atoms. The molecule has 0 fully saturated rings. The van der Waals surface area contributed by atoms with Gasteiger partial charge < -0.3 is 14.4 Å². The molecule has 0 saturated carbocycles. The zero-order chi connectivity index (χ0) is 25.1. The fourth-order valence-electron chi connectivity index (χ4n) is 4.24. The predicted octanol–water partition coefficient (Wildman–Crippen LogP) is 6.67. The van der Waals surface area contributed by atoms with Crippen LogP contribution in [0, 0.1) is 6.92 Å². The molecule has 0 amide bonds. The number of rotatable bonds is 7. The van der Waals surface area contributed by atoms with Crippen LogP contribution >= 0.6 is 0 Å². The first-order chi connectivity index (χ1) is 15.9. The molecule has 0 aliphatic heterocycles. The molecule has 2 aromatic carbocycles. The van der Waals surface area contributed by atoms with Gasteiger partial charge in [-0.15, -0.1) is 0 Å². The van der Waals surface area contributed by atoms with Crippen molar-refractivity contribution in [2.75, 3.05) is 0 Å². The molecule has 4 nitrogen and oxygen atoms in total. The molecule has 1 N–H and O–H groups in total. The molecule has 1 heterocycles. The van der Waals surface area contributed by atoms with E-state index in [9.17, 15) is 9.90 Å². The fraction of sp³-hybridized carbons (Fsp3) is 0.433. The van der Waals surface area contributed by atoms with Crippen LogP contribution in [0.4, 0.5) is 0 Å². The first-order valence-electron chi connectivity index (χ1n) is 12.1. The van der Waals surface area contributed by atoms with Gasteiger partial charge in [-0.05, 0) is 52.8 Å². The van der Waals surface area contributed by atoms with Gasteiger partial charge in [0.2, 0.25) is 5.43 Å². The largest absolute Gasteiger partial charge is 0.507 e. The minimum atomic E-state index is -0.139. The van der Waals surface area contributed by atoms with E-state index in [1.54, 1.807) is 6.07 Å². The van der Waals surface area contributed by atoms with Gasteiger partial charge >= 0.3 is 0 Å². The first-order valence-corrected chi connectivity index (χ1v) is 12.1. The van der Waals surface area contributed by atoms with Crippen LogP contribution in [-0.2, 0) is 30.4 Å². The van der Waals surface area contributed by atoms with E-state index in [1.807, 2.05) is 43.5 Å².